The van der Waals surface area contributed by atoms with Crippen LogP contribution in [-0.4, -0.2) is 37.6 Å². The van der Waals surface area contributed by atoms with E-state index in [2.05, 4.69) is 48.6 Å². The van der Waals surface area contributed by atoms with Crippen molar-refractivity contribution in [2.45, 2.75) is 40.2 Å². The van der Waals surface area contributed by atoms with Crippen LogP contribution in [0, 0.1) is 0 Å². The third-order valence-electron chi connectivity index (χ3n) is 2.66. The summed E-state index contributed by atoms with van der Waals surface area (Å²) in [4.78, 5) is 10.5. The zero-order valence-corrected chi connectivity index (χ0v) is 17.8. The molecular formula is C11H25IO3Si3. The summed E-state index contributed by atoms with van der Waals surface area (Å²) in [5.41, 5.74) is 0. The van der Waals surface area contributed by atoms with Gasteiger partial charge in [-0.25, -0.2) is 0 Å². The van der Waals surface area contributed by atoms with Gasteiger partial charge in [0.05, 0.1) is 0 Å². The third-order valence-corrected chi connectivity index (χ3v) is 10.9. The Kier molecular flexibility index (Phi) is 11.0. The van der Waals surface area contributed by atoms with E-state index in [0.29, 0.717) is 6.04 Å². The molecule has 7 heteroatoms. The van der Waals surface area contributed by atoms with E-state index in [1.165, 1.54) is 10.4 Å². The molecule has 3 nitrogen and oxygen atoms in total. The lowest BCUT2D eigenvalue weighted by Gasteiger charge is -2.25. The van der Waals surface area contributed by atoms with E-state index in [9.17, 15) is 4.80 Å². The van der Waals surface area contributed by atoms with E-state index < -0.39 is 28.3 Å². The van der Waals surface area contributed by atoms with Crippen LogP contribution in [0.15, 0.2) is 22.5 Å². The van der Waals surface area contributed by atoms with Gasteiger partial charge in [-0.3, -0.25) is 0 Å². The molecule has 0 aromatic carbocycles. The van der Waals surface area contributed by atoms with E-state index in [1.54, 1.807) is 0 Å². The highest BCUT2D eigenvalue weighted by Gasteiger charge is 2.35. The summed E-state index contributed by atoms with van der Waals surface area (Å²) >= 11 is 2.33. The molecule has 0 rings (SSSR count). The van der Waals surface area contributed by atoms with E-state index in [0.717, 1.165) is 10.8 Å². The maximum absolute atomic E-state index is 10.5. The van der Waals surface area contributed by atoms with Gasteiger partial charge in [0.25, 0.3) is 0 Å². The zero-order chi connectivity index (χ0) is 14.0. The van der Waals surface area contributed by atoms with Gasteiger partial charge in [-0.2, -0.15) is 0 Å². The van der Waals surface area contributed by atoms with Crippen molar-refractivity contribution in [3.8, 4) is 0 Å². The third kappa shape index (κ3) is 8.78. The van der Waals surface area contributed by atoms with Crippen LogP contribution in [0.2, 0.25) is 6.04 Å². The molecule has 0 bridgehead atoms. The largest absolute Gasteiger partial charge is 0.477 e. The number of alkyl halides is 1. The van der Waals surface area contributed by atoms with Gasteiger partial charge in [-0.15, -0.1) is 0 Å². The molecule has 0 radical (unpaired) electrons. The highest BCUT2D eigenvalue weighted by atomic mass is 127. The van der Waals surface area contributed by atoms with Gasteiger partial charge in [-0.05, 0) is 38.5 Å². The molecule has 0 aliphatic rings. The summed E-state index contributed by atoms with van der Waals surface area (Å²) < 4.78 is 12.7. The molecule has 0 heterocycles. The summed E-state index contributed by atoms with van der Waals surface area (Å²) in [5, 5.41) is 2.53. The van der Waals surface area contributed by atoms with Crippen LogP contribution in [0.5, 0.6) is 0 Å². The van der Waals surface area contributed by atoms with Gasteiger partial charge in [0.1, 0.15) is 0 Å². The minimum atomic E-state index is -2.89. The van der Waals surface area contributed by atoms with Crippen molar-refractivity contribution in [2.75, 3.05) is 4.43 Å². The average Bonchev–Trinajstić information content (AvgIpc) is 2.40. The molecule has 0 aliphatic heterocycles. The predicted octanol–water partition coefficient (Wildman–Crippen LogP) is 1.79. The molecule has 0 unspecified atom stereocenters. The molecule has 0 aromatic heterocycles. The first-order valence-corrected chi connectivity index (χ1v) is 12.3. The highest BCUT2D eigenvalue weighted by Crippen LogP contribution is 2.15. The number of rotatable bonds is 9. The molecule has 0 aromatic rings. The second kappa shape index (κ2) is 10.5. The molecule has 1 N–H and O–H groups in total. The van der Waals surface area contributed by atoms with Crippen molar-refractivity contribution in [3.05, 3.63) is 22.5 Å². The van der Waals surface area contributed by atoms with Gasteiger partial charge in [0.15, 0.2) is 19.5 Å². The lowest BCUT2D eigenvalue weighted by atomic mass is 10.6. The highest BCUT2D eigenvalue weighted by molar-refractivity contribution is 14.1. The maximum Gasteiger partial charge on any atom is 0.477 e. The van der Waals surface area contributed by atoms with E-state index >= 15 is 0 Å². The summed E-state index contributed by atoms with van der Waals surface area (Å²) in [6.07, 6.45) is 5.10. The fourth-order valence-corrected chi connectivity index (χ4v) is 9.02. The topological polar surface area (TPSA) is 38.7 Å². The Labute approximate surface area is 130 Å². The maximum atomic E-state index is 10.5. The molecule has 0 atom stereocenters. The fourth-order valence-electron chi connectivity index (χ4n) is 1.10. The molecule has 0 fully saturated rings. The van der Waals surface area contributed by atoms with Gasteiger partial charge in [-0.1, -0.05) is 45.1 Å². The lowest BCUT2D eigenvalue weighted by Crippen LogP contribution is -2.45. The van der Waals surface area contributed by atoms with Crippen LogP contribution >= 0.6 is 22.6 Å². The van der Waals surface area contributed by atoms with Crippen LogP contribution in [0.3, 0.4) is 0 Å². The second-order valence-corrected chi connectivity index (χ2v) is 12.5. The van der Waals surface area contributed by atoms with Crippen molar-refractivity contribution in [1.29, 1.82) is 0 Å². The monoisotopic (exact) mass is 416 g/mol. The number of allylic oxidation sites excluding steroid dienone is 4. The predicted molar refractivity (Wildman–Crippen MR) is 94.4 cm³/mol. The standard InChI is InChI=1S/C11H25IO3Si3/c1-5-10(3)16-14-18(13,9-7-8-12)15-17-11(4)6-2/h5-6,13H,7-9,16-17H2,1-4H3. The normalized spacial score (nSPS) is 18.1. The van der Waals surface area contributed by atoms with E-state index in [4.69, 9.17) is 8.23 Å². The molecular weight excluding hydrogens is 391 g/mol. The van der Waals surface area contributed by atoms with Crippen LogP contribution in [-0.2, 0) is 8.23 Å². The average molecular weight is 416 g/mol. The SMILES string of the molecule is CC=C(C)[SiH2]O[Si](O)(CCCI)O[SiH2]C(C)=CC. The Morgan fingerprint density at radius 2 is 1.61 bits per heavy atom. The van der Waals surface area contributed by atoms with Crippen molar-refractivity contribution in [3.63, 3.8) is 0 Å². The molecule has 0 aliphatic carbocycles. The fraction of sp³-hybridized carbons (Fsp3) is 0.636. The quantitative estimate of drug-likeness (QED) is 0.354. The van der Waals surface area contributed by atoms with Gasteiger partial charge in [0, 0.05) is 6.04 Å². The van der Waals surface area contributed by atoms with Crippen molar-refractivity contribution < 1.29 is 13.0 Å². The smallest absolute Gasteiger partial charge is 0.418 e. The molecule has 0 saturated carbocycles. The molecule has 0 saturated heterocycles. The van der Waals surface area contributed by atoms with Crippen molar-refractivity contribution >= 4 is 50.9 Å². The Hall–Kier alpha value is 0.741. The summed E-state index contributed by atoms with van der Waals surface area (Å²) in [6.45, 7) is 8.15. The van der Waals surface area contributed by atoms with Crippen LogP contribution in [0.4, 0.5) is 0 Å². The Bertz CT molecular complexity index is 273. The Morgan fingerprint density at radius 1 is 1.17 bits per heavy atom. The second-order valence-electron chi connectivity index (χ2n) is 4.35. The molecule has 0 amide bonds. The number of halogens is 1. The van der Waals surface area contributed by atoms with E-state index in [1.807, 2.05) is 13.8 Å². The van der Waals surface area contributed by atoms with Crippen molar-refractivity contribution in [2.24, 2.45) is 0 Å². The van der Waals surface area contributed by atoms with Crippen LogP contribution in [0.1, 0.15) is 34.1 Å². The summed E-state index contributed by atoms with van der Waals surface area (Å²) in [5.74, 6) is 0. The Morgan fingerprint density at radius 3 is 1.94 bits per heavy atom. The first-order valence-electron chi connectivity index (χ1n) is 6.27. The van der Waals surface area contributed by atoms with Crippen LogP contribution < -0.4 is 0 Å². The van der Waals surface area contributed by atoms with Gasteiger partial charge < -0.3 is 13.0 Å². The molecule has 18 heavy (non-hydrogen) atoms. The summed E-state index contributed by atoms with van der Waals surface area (Å²) in [6, 6.07) is 0.698. The minimum absolute atomic E-state index is 0.698. The lowest BCUT2D eigenvalue weighted by molar-refractivity contribution is 0.263. The van der Waals surface area contributed by atoms with Gasteiger partial charge >= 0.3 is 8.80 Å². The van der Waals surface area contributed by atoms with Crippen molar-refractivity contribution in [1.82, 2.24) is 0 Å². The number of hydrogen-bond donors (Lipinski definition) is 1. The minimum Gasteiger partial charge on any atom is -0.418 e. The van der Waals surface area contributed by atoms with Gasteiger partial charge in [0.2, 0.25) is 0 Å². The first-order chi connectivity index (χ1) is 8.47. The van der Waals surface area contributed by atoms with E-state index in [-0.39, 0.29) is 0 Å². The summed E-state index contributed by atoms with van der Waals surface area (Å²) in [7, 11) is -4.49. The zero-order valence-electron chi connectivity index (χ0n) is 11.8. The molecule has 0 spiro atoms. The first kappa shape index (κ1) is 18.7. The number of hydrogen-bond acceptors (Lipinski definition) is 3. The molecule has 106 valence electrons. The van der Waals surface area contributed by atoms with Crippen LogP contribution in [0.25, 0.3) is 0 Å². The Balaban J connectivity index is 4.41.